The fourth-order valence-corrected chi connectivity index (χ4v) is 1.60. The van der Waals surface area contributed by atoms with Crippen molar-refractivity contribution >= 4 is 11.6 Å². The lowest BCUT2D eigenvalue weighted by molar-refractivity contribution is -0.120. The van der Waals surface area contributed by atoms with Crippen LogP contribution in [0.4, 0.5) is 5.69 Å². The van der Waals surface area contributed by atoms with Crippen molar-refractivity contribution < 1.29 is 9.53 Å². The van der Waals surface area contributed by atoms with Crippen LogP contribution in [-0.4, -0.2) is 13.0 Å². The van der Waals surface area contributed by atoms with E-state index in [1.807, 2.05) is 38.1 Å². The van der Waals surface area contributed by atoms with Gasteiger partial charge in [0.1, 0.15) is 5.75 Å². The Labute approximate surface area is 96.8 Å². The smallest absolute Gasteiger partial charge is 0.227 e. The maximum Gasteiger partial charge on any atom is 0.227 e. The zero-order chi connectivity index (χ0) is 12.0. The number of rotatable bonds is 5. The predicted octanol–water partition coefficient (Wildman–Crippen LogP) is 3.07. The lowest BCUT2D eigenvalue weighted by Gasteiger charge is -2.13. The number of carbonyl (C=O) groups is 1. The molecule has 0 heterocycles. The largest absolute Gasteiger partial charge is 0.497 e. The Morgan fingerprint density at radius 1 is 1.38 bits per heavy atom. The molecule has 3 heteroatoms. The molecule has 0 saturated heterocycles. The van der Waals surface area contributed by atoms with Crippen molar-refractivity contribution in [3.8, 4) is 5.75 Å². The van der Waals surface area contributed by atoms with Gasteiger partial charge < -0.3 is 10.1 Å². The molecule has 1 aromatic carbocycles. The van der Waals surface area contributed by atoms with Crippen LogP contribution in [0.1, 0.15) is 26.7 Å². The molecule has 0 radical (unpaired) electrons. The van der Waals surface area contributed by atoms with Crippen molar-refractivity contribution in [3.05, 3.63) is 24.3 Å². The summed E-state index contributed by atoms with van der Waals surface area (Å²) < 4.78 is 5.10. The van der Waals surface area contributed by atoms with Gasteiger partial charge in [-0.2, -0.15) is 0 Å². The van der Waals surface area contributed by atoms with Crippen molar-refractivity contribution in [2.45, 2.75) is 26.7 Å². The van der Waals surface area contributed by atoms with Gasteiger partial charge in [-0.25, -0.2) is 0 Å². The van der Waals surface area contributed by atoms with Gasteiger partial charge in [0.05, 0.1) is 7.11 Å². The van der Waals surface area contributed by atoms with E-state index in [9.17, 15) is 4.79 Å². The van der Waals surface area contributed by atoms with Crippen molar-refractivity contribution in [1.82, 2.24) is 0 Å². The highest BCUT2D eigenvalue weighted by Gasteiger charge is 2.13. The molecule has 0 aliphatic rings. The van der Waals surface area contributed by atoms with Crippen LogP contribution in [0.3, 0.4) is 0 Å². The Kier molecular flexibility index (Phi) is 4.83. The average molecular weight is 221 g/mol. The molecule has 1 amide bonds. The van der Waals surface area contributed by atoms with Crippen LogP contribution in [0.5, 0.6) is 5.75 Å². The molecule has 0 unspecified atom stereocenters. The number of benzene rings is 1. The minimum atomic E-state index is 0.0817. The lowest BCUT2D eigenvalue weighted by Crippen LogP contribution is -2.21. The Hall–Kier alpha value is -1.51. The summed E-state index contributed by atoms with van der Waals surface area (Å²) in [5.41, 5.74) is 0.788. The second-order valence-corrected chi connectivity index (χ2v) is 3.73. The topological polar surface area (TPSA) is 38.3 Å². The second-order valence-electron chi connectivity index (χ2n) is 3.73. The van der Waals surface area contributed by atoms with Crippen molar-refractivity contribution in [3.63, 3.8) is 0 Å². The van der Waals surface area contributed by atoms with E-state index in [4.69, 9.17) is 4.74 Å². The van der Waals surface area contributed by atoms with E-state index in [-0.39, 0.29) is 11.8 Å². The normalized spacial score (nSPS) is 10.2. The van der Waals surface area contributed by atoms with Gasteiger partial charge in [0.2, 0.25) is 5.91 Å². The number of amides is 1. The van der Waals surface area contributed by atoms with E-state index in [0.717, 1.165) is 24.3 Å². The predicted molar refractivity (Wildman–Crippen MR) is 65.7 cm³/mol. The molecule has 0 aromatic heterocycles. The Morgan fingerprint density at radius 3 is 2.62 bits per heavy atom. The summed E-state index contributed by atoms with van der Waals surface area (Å²) in [6.07, 6.45) is 1.73. The van der Waals surface area contributed by atoms with Crippen molar-refractivity contribution in [1.29, 1.82) is 0 Å². The molecule has 16 heavy (non-hydrogen) atoms. The maximum absolute atomic E-state index is 11.8. The minimum absolute atomic E-state index is 0.0817. The average Bonchev–Trinajstić information content (AvgIpc) is 2.31. The zero-order valence-corrected chi connectivity index (χ0v) is 10.1. The van der Waals surface area contributed by atoms with Crippen molar-refractivity contribution in [2.75, 3.05) is 12.4 Å². The van der Waals surface area contributed by atoms with E-state index >= 15 is 0 Å². The first-order chi connectivity index (χ1) is 7.71. The summed E-state index contributed by atoms with van der Waals surface area (Å²) in [7, 11) is 1.61. The fraction of sp³-hybridized carbons (Fsp3) is 0.462. The maximum atomic E-state index is 11.8. The number of nitrogens with one attached hydrogen (secondary N) is 1. The number of anilines is 1. The number of carbonyl (C=O) groups excluding carboxylic acids is 1. The van der Waals surface area contributed by atoms with Gasteiger partial charge in [0, 0.05) is 17.7 Å². The number of methoxy groups -OCH3 is 1. The molecule has 1 rings (SSSR count). The minimum Gasteiger partial charge on any atom is -0.497 e. The highest BCUT2D eigenvalue weighted by molar-refractivity contribution is 5.92. The first-order valence-corrected chi connectivity index (χ1v) is 5.66. The van der Waals surface area contributed by atoms with Gasteiger partial charge in [0.25, 0.3) is 0 Å². The molecule has 1 aromatic rings. The van der Waals surface area contributed by atoms with Crippen LogP contribution >= 0.6 is 0 Å². The summed E-state index contributed by atoms with van der Waals surface area (Å²) in [5, 5.41) is 2.90. The third-order valence-electron chi connectivity index (χ3n) is 2.69. The Balaban J connectivity index is 2.68. The fourth-order valence-electron chi connectivity index (χ4n) is 1.60. The molecule has 0 aliphatic carbocycles. The third kappa shape index (κ3) is 3.26. The lowest BCUT2D eigenvalue weighted by atomic mass is 10.0. The second kappa shape index (κ2) is 6.16. The standard InChI is InChI=1S/C13H19NO2/c1-4-10(5-2)13(15)14-11-7-6-8-12(9-11)16-3/h6-10H,4-5H2,1-3H3,(H,14,15). The van der Waals surface area contributed by atoms with Gasteiger partial charge in [-0.3, -0.25) is 4.79 Å². The van der Waals surface area contributed by atoms with Gasteiger partial charge in [-0.05, 0) is 25.0 Å². The molecule has 0 bridgehead atoms. The number of hydrogen-bond acceptors (Lipinski definition) is 2. The van der Waals surface area contributed by atoms with Gasteiger partial charge in [0.15, 0.2) is 0 Å². The molecule has 88 valence electrons. The van der Waals surface area contributed by atoms with Gasteiger partial charge >= 0.3 is 0 Å². The summed E-state index contributed by atoms with van der Waals surface area (Å²) in [4.78, 5) is 11.8. The zero-order valence-electron chi connectivity index (χ0n) is 10.1. The highest BCUT2D eigenvalue weighted by Crippen LogP contribution is 2.18. The summed E-state index contributed by atoms with van der Waals surface area (Å²) >= 11 is 0. The Morgan fingerprint density at radius 2 is 2.06 bits per heavy atom. The molecular formula is C13H19NO2. The van der Waals surface area contributed by atoms with E-state index in [2.05, 4.69) is 5.32 Å². The molecule has 0 saturated carbocycles. The Bertz CT molecular complexity index is 346. The first-order valence-electron chi connectivity index (χ1n) is 5.66. The van der Waals surface area contributed by atoms with Crippen LogP contribution in [0.2, 0.25) is 0 Å². The number of hydrogen-bond donors (Lipinski definition) is 1. The van der Waals surface area contributed by atoms with E-state index in [0.29, 0.717) is 0 Å². The van der Waals surface area contributed by atoms with Gasteiger partial charge in [-0.1, -0.05) is 19.9 Å². The summed E-state index contributed by atoms with van der Waals surface area (Å²) in [6.45, 7) is 4.05. The summed E-state index contributed by atoms with van der Waals surface area (Å²) in [5.74, 6) is 0.923. The SMILES string of the molecule is CCC(CC)C(=O)Nc1cccc(OC)c1. The van der Waals surface area contributed by atoms with Gasteiger partial charge in [-0.15, -0.1) is 0 Å². The monoisotopic (exact) mass is 221 g/mol. The van der Waals surface area contributed by atoms with Crippen LogP contribution in [0, 0.1) is 5.92 Å². The highest BCUT2D eigenvalue weighted by atomic mass is 16.5. The van der Waals surface area contributed by atoms with Crippen LogP contribution in [0.15, 0.2) is 24.3 Å². The summed E-state index contributed by atoms with van der Waals surface area (Å²) in [6, 6.07) is 7.40. The molecule has 1 N–H and O–H groups in total. The van der Waals surface area contributed by atoms with Crippen LogP contribution in [0.25, 0.3) is 0 Å². The van der Waals surface area contributed by atoms with E-state index in [1.165, 1.54) is 0 Å². The quantitative estimate of drug-likeness (QED) is 0.829. The molecule has 3 nitrogen and oxygen atoms in total. The van der Waals surface area contributed by atoms with Crippen molar-refractivity contribution in [2.24, 2.45) is 5.92 Å². The molecule has 0 aliphatic heterocycles. The van der Waals surface area contributed by atoms with Crippen LogP contribution in [-0.2, 0) is 4.79 Å². The molecule has 0 spiro atoms. The molecule has 0 atom stereocenters. The van der Waals surface area contributed by atoms with Crippen LogP contribution < -0.4 is 10.1 Å². The number of ether oxygens (including phenoxy) is 1. The first kappa shape index (κ1) is 12.6. The van der Waals surface area contributed by atoms with E-state index < -0.39 is 0 Å². The molecule has 0 fully saturated rings. The molecular weight excluding hydrogens is 202 g/mol. The van der Waals surface area contributed by atoms with E-state index in [1.54, 1.807) is 7.11 Å². The third-order valence-corrected chi connectivity index (χ3v) is 2.69.